The molecule has 2 rings (SSSR count). The molecule has 2 heterocycles. The minimum atomic E-state index is 0.533. The molecule has 0 bridgehead atoms. The zero-order valence-electron chi connectivity index (χ0n) is 8.11. The Balaban J connectivity index is 2.21. The standard InChI is InChI=1S/C10H11N5/c11-5-1-2-9-3-4-10(13-6-9)15-8-12-7-14-15/h1-4,6-8H,5,11H2/b2-1+. The molecule has 0 atom stereocenters. The van der Waals surface area contributed by atoms with Gasteiger partial charge in [0.25, 0.3) is 0 Å². The summed E-state index contributed by atoms with van der Waals surface area (Å²) in [5, 5.41) is 3.98. The van der Waals surface area contributed by atoms with E-state index in [4.69, 9.17) is 5.73 Å². The zero-order valence-corrected chi connectivity index (χ0v) is 8.11. The SMILES string of the molecule is NC/C=C/c1ccc(-n2cncn2)nc1. The van der Waals surface area contributed by atoms with E-state index in [2.05, 4.69) is 15.1 Å². The second kappa shape index (κ2) is 4.47. The molecule has 0 radical (unpaired) electrons. The van der Waals surface area contributed by atoms with Crippen molar-refractivity contribution in [3.63, 3.8) is 0 Å². The Morgan fingerprint density at radius 1 is 1.40 bits per heavy atom. The van der Waals surface area contributed by atoms with Crippen LogP contribution in [0.1, 0.15) is 5.56 Å². The fraction of sp³-hybridized carbons (Fsp3) is 0.100. The highest BCUT2D eigenvalue weighted by molar-refractivity contribution is 5.48. The van der Waals surface area contributed by atoms with Crippen LogP contribution in [-0.4, -0.2) is 26.3 Å². The highest BCUT2D eigenvalue weighted by atomic mass is 15.3. The quantitative estimate of drug-likeness (QED) is 0.790. The first-order valence-corrected chi connectivity index (χ1v) is 4.58. The molecule has 2 N–H and O–H groups in total. The third-order valence-corrected chi connectivity index (χ3v) is 1.87. The highest BCUT2D eigenvalue weighted by Crippen LogP contribution is 2.04. The number of pyridine rings is 1. The van der Waals surface area contributed by atoms with Crippen molar-refractivity contribution in [2.24, 2.45) is 5.73 Å². The van der Waals surface area contributed by atoms with Gasteiger partial charge in [0, 0.05) is 12.7 Å². The number of hydrogen-bond donors (Lipinski definition) is 1. The molecule has 0 saturated carbocycles. The van der Waals surface area contributed by atoms with Gasteiger partial charge in [-0.25, -0.2) is 14.6 Å². The number of rotatable bonds is 3. The lowest BCUT2D eigenvalue weighted by Crippen LogP contribution is -1.97. The normalized spacial score (nSPS) is 11.0. The fourth-order valence-corrected chi connectivity index (χ4v) is 1.16. The largest absolute Gasteiger partial charge is 0.327 e. The summed E-state index contributed by atoms with van der Waals surface area (Å²) in [7, 11) is 0. The van der Waals surface area contributed by atoms with E-state index < -0.39 is 0 Å². The van der Waals surface area contributed by atoms with Gasteiger partial charge in [0.2, 0.25) is 0 Å². The molecule has 0 saturated heterocycles. The molecule has 5 nitrogen and oxygen atoms in total. The molecule has 0 aliphatic heterocycles. The van der Waals surface area contributed by atoms with Gasteiger partial charge >= 0.3 is 0 Å². The highest BCUT2D eigenvalue weighted by Gasteiger charge is 1.96. The second-order valence-electron chi connectivity index (χ2n) is 2.93. The van der Waals surface area contributed by atoms with Crippen LogP contribution in [0.2, 0.25) is 0 Å². The Hall–Kier alpha value is -2.01. The molecular weight excluding hydrogens is 190 g/mol. The van der Waals surface area contributed by atoms with E-state index in [0.717, 1.165) is 11.4 Å². The first-order chi connectivity index (χ1) is 7.40. The van der Waals surface area contributed by atoms with Gasteiger partial charge in [-0.05, 0) is 17.7 Å². The number of hydrogen-bond acceptors (Lipinski definition) is 4. The van der Waals surface area contributed by atoms with Crippen molar-refractivity contribution in [1.29, 1.82) is 0 Å². The lowest BCUT2D eigenvalue weighted by molar-refractivity contribution is 0.845. The molecule has 0 spiro atoms. The van der Waals surface area contributed by atoms with Gasteiger partial charge in [-0.1, -0.05) is 12.2 Å². The molecule has 2 aromatic heterocycles. The van der Waals surface area contributed by atoms with E-state index in [1.54, 1.807) is 17.2 Å². The zero-order chi connectivity index (χ0) is 10.5. The molecule has 0 aliphatic carbocycles. The summed E-state index contributed by atoms with van der Waals surface area (Å²) >= 11 is 0. The minimum absolute atomic E-state index is 0.533. The third-order valence-electron chi connectivity index (χ3n) is 1.87. The second-order valence-corrected chi connectivity index (χ2v) is 2.93. The van der Waals surface area contributed by atoms with Crippen LogP contribution in [0.25, 0.3) is 11.9 Å². The van der Waals surface area contributed by atoms with Crippen LogP contribution in [-0.2, 0) is 0 Å². The van der Waals surface area contributed by atoms with Crippen LogP contribution >= 0.6 is 0 Å². The Kier molecular flexibility index (Phi) is 2.85. The summed E-state index contributed by atoms with van der Waals surface area (Å²) in [6.07, 6.45) is 8.66. The van der Waals surface area contributed by atoms with Crippen LogP contribution < -0.4 is 5.73 Å². The van der Waals surface area contributed by atoms with E-state index >= 15 is 0 Å². The topological polar surface area (TPSA) is 69.6 Å². The smallest absolute Gasteiger partial charge is 0.155 e. The molecule has 2 aromatic rings. The summed E-state index contributed by atoms with van der Waals surface area (Å²) in [5.74, 6) is 0.748. The van der Waals surface area contributed by atoms with Crippen LogP contribution in [0, 0.1) is 0 Å². The summed E-state index contributed by atoms with van der Waals surface area (Å²) in [6.45, 7) is 0.533. The Labute approximate surface area is 87.3 Å². The molecule has 15 heavy (non-hydrogen) atoms. The van der Waals surface area contributed by atoms with Crippen LogP contribution in [0.3, 0.4) is 0 Å². The number of aromatic nitrogens is 4. The van der Waals surface area contributed by atoms with Crippen molar-refractivity contribution in [3.8, 4) is 5.82 Å². The van der Waals surface area contributed by atoms with Gasteiger partial charge < -0.3 is 5.73 Å². The minimum Gasteiger partial charge on any atom is -0.327 e. The average molecular weight is 201 g/mol. The Morgan fingerprint density at radius 2 is 2.33 bits per heavy atom. The summed E-state index contributed by atoms with van der Waals surface area (Å²) in [4.78, 5) is 8.09. The first-order valence-electron chi connectivity index (χ1n) is 4.58. The predicted molar refractivity (Wildman–Crippen MR) is 57.2 cm³/mol. The molecule has 0 unspecified atom stereocenters. The lowest BCUT2D eigenvalue weighted by atomic mass is 10.2. The van der Waals surface area contributed by atoms with Gasteiger partial charge in [-0.3, -0.25) is 0 Å². The van der Waals surface area contributed by atoms with Crippen molar-refractivity contribution >= 4 is 6.08 Å². The molecule has 76 valence electrons. The maximum atomic E-state index is 5.35. The maximum Gasteiger partial charge on any atom is 0.155 e. The van der Waals surface area contributed by atoms with Crippen molar-refractivity contribution in [2.45, 2.75) is 0 Å². The van der Waals surface area contributed by atoms with Crippen molar-refractivity contribution in [1.82, 2.24) is 19.7 Å². The van der Waals surface area contributed by atoms with Gasteiger partial charge in [-0.2, -0.15) is 5.10 Å². The molecule has 0 amide bonds. The van der Waals surface area contributed by atoms with Gasteiger partial charge in [0.15, 0.2) is 5.82 Å². The summed E-state index contributed by atoms with van der Waals surface area (Å²) in [6, 6.07) is 3.83. The van der Waals surface area contributed by atoms with Crippen LogP contribution in [0.15, 0.2) is 37.1 Å². The van der Waals surface area contributed by atoms with E-state index in [1.165, 1.54) is 6.33 Å². The molecule has 0 fully saturated rings. The Bertz CT molecular complexity index is 429. The molecule has 0 aromatic carbocycles. The first kappa shape index (κ1) is 9.54. The number of nitrogens with zero attached hydrogens (tertiary/aromatic N) is 4. The lowest BCUT2D eigenvalue weighted by Gasteiger charge is -1.98. The maximum absolute atomic E-state index is 5.35. The monoisotopic (exact) mass is 201 g/mol. The Morgan fingerprint density at radius 3 is 2.93 bits per heavy atom. The van der Waals surface area contributed by atoms with Gasteiger partial charge in [0.1, 0.15) is 12.7 Å². The molecule has 5 heteroatoms. The van der Waals surface area contributed by atoms with E-state index in [9.17, 15) is 0 Å². The van der Waals surface area contributed by atoms with E-state index in [0.29, 0.717) is 6.54 Å². The van der Waals surface area contributed by atoms with Crippen molar-refractivity contribution in [3.05, 3.63) is 42.6 Å². The summed E-state index contributed by atoms with van der Waals surface area (Å²) < 4.78 is 1.61. The number of nitrogens with two attached hydrogens (primary N) is 1. The summed E-state index contributed by atoms with van der Waals surface area (Å²) in [5.41, 5.74) is 6.37. The van der Waals surface area contributed by atoms with Gasteiger partial charge in [0.05, 0.1) is 0 Å². The van der Waals surface area contributed by atoms with Crippen LogP contribution in [0.5, 0.6) is 0 Å². The van der Waals surface area contributed by atoms with Crippen LogP contribution in [0.4, 0.5) is 0 Å². The van der Waals surface area contributed by atoms with Crippen molar-refractivity contribution in [2.75, 3.05) is 6.54 Å². The molecule has 0 aliphatic rings. The fourth-order valence-electron chi connectivity index (χ4n) is 1.16. The predicted octanol–water partition coefficient (Wildman–Crippen LogP) is 0.634. The van der Waals surface area contributed by atoms with E-state index in [1.807, 2.05) is 24.3 Å². The third kappa shape index (κ3) is 2.26. The average Bonchev–Trinajstić information content (AvgIpc) is 2.80. The van der Waals surface area contributed by atoms with E-state index in [-0.39, 0.29) is 0 Å². The van der Waals surface area contributed by atoms with Gasteiger partial charge in [-0.15, -0.1) is 0 Å². The molecular formula is C10H11N5. The van der Waals surface area contributed by atoms with Crippen molar-refractivity contribution < 1.29 is 0 Å².